The molecule has 5 heteroatoms. The maximum atomic E-state index is 12.6. The molecule has 0 aromatic carbocycles. The number of allylic oxidation sites excluding steroid dienone is 2. The lowest BCUT2D eigenvalue weighted by Crippen LogP contribution is -2.49. The zero-order chi connectivity index (χ0) is 44.4. The molecule has 0 saturated heterocycles. The van der Waals surface area contributed by atoms with E-state index in [0.717, 1.165) is 32.1 Å². The summed E-state index contributed by atoms with van der Waals surface area (Å²) in [6.07, 6.45) is 64.0. The minimum Gasteiger partial charge on any atom is -0.394 e. The SMILES string of the molecule is CCCCCCCCCCCCCC/C=C\CCCCCCCCCCCCCC(O)C(=O)NC(CO)C(O)CCCCCCCCCCCCCCCCCCCCCC. The van der Waals surface area contributed by atoms with Gasteiger partial charge in [-0.05, 0) is 38.5 Å². The average molecular weight is 863 g/mol. The van der Waals surface area contributed by atoms with Crippen LogP contribution in [0.15, 0.2) is 12.2 Å². The predicted molar refractivity (Wildman–Crippen MR) is 269 cm³/mol. The van der Waals surface area contributed by atoms with Gasteiger partial charge in [0.15, 0.2) is 0 Å². The van der Waals surface area contributed by atoms with Gasteiger partial charge < -0.3 is 20.6 Å². The van der Waals surface area contributed by atoms with Crippen molar-refractivity contribution in [3.63, 3.8) is 0 Å². The molecule has 61 heavy (non-hydrogen) atoms. The summed E-state index contributed by atoms with van der Waals surface area (Å²) in [5, 5.41) is 33.5. The Bertz CT molecular complexity index is 864. The van der Waals surface area contributed by atoms with Crippen molar-refractivity contribution in [2.45, 2.75) is 334 Å². The lowest BCUT2D eigenvalue weighted by atomic mass is 10.0. The maximum absolute atomic E-state index is 12.6. The van der Waals surface area contributed by atoms with Crippen LogP contribution in [0, 0.1) is 0 Å². The van der Waals surface area contributed by atoms with Crippen molar-refractivity contribution in [2.75, 3.05) is 6.61 Å². The molecule has 3 atom stereocenters. The molecule has 1 amide bonds. The fourth-order valence-electron chi connectivity index (χ4n) is 9.01. The van der Waals surface area contributed by atoms with Crippen LogP contribution in [0.2, 0.25) is 0 Å². The Balaban J connectivity index is 3.52. The lowest BCUT2D eigenvalue weighted by Gasteiger charge is -2.23. The Labute approximate surface area is 382 Å². The lowest BCUT2D eigenvalue weighted by molar-refractivity contribution is -0.131. The van der Waals surface area contributed by atoms with Crippen LogP contribution < -0.4 is 5.32 Å². The second-order valence-corrected chi connectivity index (χ2v) is 19.5. The van der Waals surface area contributed by atoms with Gasteiger partial charge in [0.25, 0.3) is 0 Å². The summed E-state index contributed by atoms with van der Waals surface area (Å²) in [6.45, 7) is 4.27. The Morgan fingerprint density at radius 1 is 0.377 bits per heavy atom. The number of amides is 1. The second-order valence-electron chi connectivity index (χ2n) is 19.5. The molecule has 0 saturated carbocycles. The zero-order valence-corrected chi connectivity index (χ0v) is 41.6. The average Bonchev–Trinajstić information content (AvgIpc) is 3.26. The highest BCUT2D eigenvalue weighted by atomic mass is 16.3. The highest BCUT2D eigenvalue weighted by Crippen LogP contribution is 2.18. The Hall–Kier alpha value is -0.910. The highest BCUT2D eigenvalue weighted by molar-refractivity contribution is 5.80. The van der Waals surface area contributed by atoms with Gasteiger partial charge in [-0.1, -0.05) is 289 Å². The van der Waals surface area contributed by atoms with Gasteiger partial charge in [0, 0.05) is 0 Å². The molecule has 0 bridgehead atoms. The largest absolute Gasteiger partial charge is 0.394 e. The van der Waals surface area contributed by atoms with Crippen LogP contribution in [0.3, 0.4) is 0 Å². The van der Waals surface area contributed by atoms with Crippen molar-refractivity contribution >= 4 is 5.91 Å². The molecule has 0 rings (SSSR count). The molecule has 0 aromatic rings. The van der Waals surface area contributed by atoms with Gasteiger partial charge in [-0.3, -0.25) is 4.79 Å². The first-order valence-corrected chi connectivity index (χ1v) is 28.0. The molecule has 0 fully saturated rings. The molecule has 0 radical (unpaired) electrons. The number of unbranched alkanes of at least 4 members (excludes halogenated alkanes) is 42. The van der Waals surface area contributed by atoms with E-state index in [4.69, 9.17) is 0 Å². The molecule has 364 valence electrons. The summed E-state index contributed by atoms with van der Waals surface area (Å²) in [5.41, 5.74) is 0. The molecular weight excluding hydrogens is 751 g/mol. The maximum Gasteiger partial charge on any atom is 0.249 e. The van der Waals surface area contributed by atoms with Gasteiger partial charge in [0.2, 0.25) is 5.91 Å². The fraction of sp³-hybridized carbons (Fsp3) is 0.946. The quantitative estimate of drug-likeness (QED) is 0.0362. The van der Waals surface area contributed by atoms with E-state index in [0.29, 0.717) is 12.8 Å². The van der Waals surface area contributed by atoms with E-state index in [1.54, 1.807) is 0 Å². The van der Waals surface area contributed by atoms with Crippen molar-refractivity contribution in [1.82, 2.24) is 5.32 Å². The summed E-state index contributed by atoms with van der Waals surface area (Å²) in [5.74, 6) is -0.465. The summed E-state index contributed by atoms with van der Waals surface area (Å²) in [7, 11) is 0. The van der Waals surface area contributed by atoms with E-state index >= 15 is 0 Å². The Morgan fingerprint density at radius 2 is 0.623 bits per heavy atom. The zero-order valence-electron chi connectivity index (χ0n) is 41.6. The molecule has 3 unspecified atom stereocenters. The van der Waals surface area contributed by atoms with E-state index in [9.17, 15) is 20.1 Å². The van der Waals surface area contributed by atoms with Crippen LogP contribution in [0.5, 0.6) is 0 Å². The van der Waals surface area contributed by atoms with Crippen molar-refractivity contribution in [3.05, 3.63) is 12.2 Å². The van der Waals surface area contributed by atoms with Crippen LogP contribution in [0.25, 0.3) is 0 Å². The highest BCUT2D eigenvalue weighted by Gasteiger charge is 2.23. The van der Waals surface area contributed by atoms with Crippen molar-refractivity contribution < 1.29 is 20.1 Å². The number of hydrogen-bond acceptors (Lipinski definition) is 4. The van der Waals surface area contributed by atoms with E-state index in [1.165, 1.54) is 257 Å². The molecule has 5 nitrogen and oxygen atoms in total. The minimum atomic E-state index is -1.07. The van der Waals surface area contributed by atoms with Crippen molar-refractivity contribution in [1.29, 1.82) is 0 Å². The Kier molecular flexibility index (Phi) is 51.0. The van der Waals surface area contributed by atoms with Gasteiger partial charge in [-0.25, -0.2) is 0 Å². The van der Waals surface area contributed by atoms with E-state index < -0.39 is 24.2 Å². The van der Waals surface area contributed by atoms with Gasteiger partial charge >= 0.3 is 0 Å². The summed E-state index contributed by atoms with van der Waals surface area (Å²) < 4.78 is 0. The number of carbonyl (C=O) groups is 1. The molecule has 0 aliphatic rings. The summed E-state index contributed by atoms with van der Waals surface area (Å²) >= 11 is 0. The molecular formula is C56H111NO4. The number of rotatable bonds is 52. The first kappa shape index (κ1) is 60.1. The normalized spacial score (nSPS) is 13.3. The first-order valence-electron chi connectivity index (χ1n) is 28.0. The second kappa shape index (κ2) is 51.7. The fourth-order valence-corrected chi connectivity index (χ4v) is 9.01. The molecule has 0 aliphatic carbocycles. The van der Waals surface area contributed by atoms with E-state index in [1.807, 2.05) is 0 Å². The predicted octanol–water partition coefficient (Wildman–Crippen LogP) is 17.1. The Morgan fingerprint density at radius 3 is 0.902 bits per heavy atom. The van der Waals surface area contributed by atoms with Crippen LogP contribution in [-0.4, -0.2) is 46.1 Å². The topological polar surface area (TPSA) is 89.8 Å². The first-order chi connectivity index (χ1) is 30.1. The smallest absolute Gasteiger partial charge is 0.249 e. The van der Waals surface area contributed by atoms with Crippen molar-refractivity contribution in [2.24, 2.45) is 0 Å². The van der Waals surface area contributed by atoms with Crippen LogP contribution in [0.1, 0.15) is 316 Å². The minimum absolute atomic E-state index is 0.310. The van der Waals surface area contributed by atoms with E-state index in [-0.39, 0.29) is 6.61 Å². The number of hydrogen-bond donors (Lipinski definition) is 4. The summed E-state index contributed by atoms with van der Waals surface area (Å²) in [6, 6.07) is -0.710. The molecule has 0 aromatic heterocycles. The summed E-state index contributed by atoms with van der Waals surface area (Å²) in [4.78, 5) is 12.6. The van der Waals surface area contributed by atoms with Gasteiger partial charge in [-0.15, -0.1) is 0 Å². The van der Waals surface area contributed by atoms with Gasteiger partial charge in [0.1, 0.15) is 6.10 Å². The van der Waals surface area contributed by atoms with Gasteiger partial charge in [0.05, 0.1) is 18.8 Å². The number of nitrogens with one attached hydrogen (secondary N) is 1. The third kappa shape index (κ3) is 46.9. The molecule has 0 aliphatic heterocycles. The van der Waals surface area contributed by atoms with Crippen LogP contribution >= 0.6 is 0 Å². The number of aliphatic hydroxyl groups excluding tert-OH is 3. The monoisotopic (exact) mass is 862 g/mol. The van der Waals surface area contributed by atoms with Gasteiger partial charge in [-0.2, -0.15) is 0 Å². The number of aliphatic hydroxyl groups is 3. The van der Waals surface area contributed by atoms with Crippen LogP contribution in [-0.2, 0) is 4.79 Å². The molecule has 0 heterocycles. The molecule has 4 N–H and O–H groups in total. The van der Waals surface area contributed by atoms with Crippen molar-refractivity contribution in [3.8, 4) is 0 Å². The molecule has 0 spiro atoms. The third-order valence-corrected chi connectivity index (χ3v) is 13.4. The standard InChI is InChI=1S/C56H111NO4/c1-3-5-7-9-11-13-15-17-19-21-23-25-26-27-28-29-30-31-33-35-37-39-41-43-45-47-49-51-55(60)56(61)57-53(52-58)54(59)50-48-46-44-42-40-38-36-34-32-24-22-20-18-16-14-12-10-8-6-4-2/h27-28,53-55,58-60H,3-26,29-52H2,1-2H3,(H,57,61)/b28-27-. The number of carbonyl (C=O) groups excluding carboxylic acids is 1. The van der Waals surface area contributed by atoms with Crippen LogP contribution in [0.4, 0.5) is 0 Å². The van der Waals surface area contributed by atoms with E-state index in [2.05, 4.69) is 31.3 Å². The third-order valence-electron chi connectivity index (χ3n) is 13.4.